The highest BCUT2D eigenvalue weighted by Gasteiger charge is 2.23. The van der Waals surface area contributed by atoms with E-state index in [-0.39, 0.29) is 0 Å². The fourth-order valence-corrected chi connectivity index (χ4v) is 7.46. The number of aryl methyl sites for hydroxylation is 1. The van der Waals surface area contributed by atoms with E-state index in [2.05, 4.69) is 169 Å². The average molecular weight is 618 g/mol. The Kier molecular flexibility index (Phi) is 7.13. The van der Waals surface area contributed by atoms with Crippen LogP contribution >= 0.6 is 0 Å². The van der Waals surface area contributed by atoms with Gasteiger partial charge in [-0.1, -0.05) is 127 Å². The Labute approximate surface area is 281 Å². The van der Waals surface area contributed by atoms with Crippen molar-refractivity contribution < 1.29 is 4.42 Å². The SMILES string of the molecule is C1=CC(N(c2ccc(-c3cccc(-c4cccc5ccccc45)c3)cc2)c2ccccc2-c2cccc3oc4c(c23)C=CCC4)=CCC1. The molecule has 0 atom stereocenters. The number of rotatable bonds is 6. The predicted octanol–water partition coefficient (Wildman–Crippen LogP) is 12.9. The molecule has 48 heavy (non-hydrogen) atoms. The Hall–Kier alpha value is -5.86. The third-order valence-corrected chi connectivity index (χ3v) is 9.74. The van der Waals surface area contributed by atoms with Gasteiger partial charge in [0.1, 0.15) is 11.3 Å². The van der Waals surface area contributed by atoms with E-state index >= 15 is 0 Å². The summed E-state index contributed by atoms with van der Waals surface area (Å²) in [5.74, 6) is 1.09. The van der Waals surface area contributed by atoms with Crippen LogP contribution in [0.25, 0.3) is 61.2 Å². The van der Waals surface area contributed by atoms with Gasteiger partial charge in [0, 0.05) is 34.3 Å². The molecule has 1 aromatic heterocycles. The van der Waals surface area contributed by atoms with Crippen LogP contribution in [0.5, 0.6) is 0 Å². The number of furan rings is 1. The fraction of sp³-hybridized carbons (Fsp3) is 0.0870. The largest absolute Gasteiger partial charge is 0.460 e. The fourth-order valence-electron chi connectivity index (χ4n) is 7.46. The molecule has 1 heterocycles. The molecule has 0 spiro atoms. The average Bonchev–Trinajstić information content (AvgIpc) is 3.55. The summed E-state index contributed by atoms with van der Waals surface area (Å²) in [6.07, 6.45) is 15.5. The van der Waals surface area contributed by atoms with Crippen LogP contribution in [0.3, 0.4) is 0 Å². The highest BCUT2D eigenvalue weighted by Crippen LogP contribution is 2.44. The molecule has 2 nitrogen and oxygen atoms in total. The van der Waals surface area contributed by atoms with E-state index < -0.39 is 0 Å². The lowest BCUT2D eigenvalue weighted by atomic mass is 9.93. The molecule has 0 aliphatic heterocycles. The van der Waals surface area contributed by atoms with E-state index in [1.165, 1.54) is 60.8 Å². The van der Waals surface area contributed by atoms with Crippen molar-refractivity contribution in [2.75, 3.05) is 4.90 Å². The quantitative estimate of drug-likeness (QED) is 0.185. The van der Waals surface area contributed by atoms with Crippen molar-refractivity contribution in [2.45, 2.75) is 25.7 Å². The molecule has 6 aromatic carbocycles. The van der Waals surface area contributed by atoms with E-state index in [0.717, 1.165) is 48.4 Å². The zero-order valence-electron chi connectivity index (χ0n) is 26.8. The van der Waals surface area contributed by atoms with Crippen LogP contribution in [-0.2, 0) is 6.42 Å². The number of hydrogen-bond acceptors (Lipinski definition) is 2. The maximum atomic E-state index is 6.38. The van der Waals surface area contributed by atoms with Gasteiger partial charge in [0.15, 0.2) is 0 Å². The molecule has 0 bridgehead atoms. The van der Waals surface area contributed by atoms with Crippen molar-refractivity contribution in [1.82, 2.24) is 0 Å². The first-order valence-electron chi connectivity index (χ1n) is 17.0. The molecule has 230 valence electrons. The topological polar surface area (TPSA) is 16.4 Å². The minimum absolute atomic E-state index is 0.947. The normalized spacial score (nSPS) is 13.9. The smallest absolute Gasteiger partial charge is 0.135 e. The third-order valence-electron chi connectivity index (χ3n) is 9.74. The summed E-state index contributed by atoms with van der Waals surface area (Å²) in [5.41, 5.74) is 13.0. The zero-order chi connectivity index (χ0) is 31.9. The highest BCUT2D eigenvalue weighted by molar-refractivity contribution is 6.04. The van der Waals surface area contributed by atoms with Crippen molar-refractivity contribution >= 4 is 39.2 Å². The number of anilines is 2. The van der Waals surface area contributed by atoms with E-state index in [9.17, 15) is 0 Å². The van der Waals surface area contributed by atoms with Crippen molar-refractivity contribution in [3.05, 3.63) is 175 Å². The van der Waals surface area contributed by atoms with Gasteiger partial charge in [-0.25, -0.2) is 0 Å². The van der Waals surface area contributed by atoms with Crippen LogP contribution in [0.4, 0.5) is 11.4 Å². The second-order valence-electron chi connectivity index (χ2n) is 12.7. The number of para-hydroxylation sites is 1. The van der Waals surface area contributed by atoms with Crippen molar-refractivity contribution in [1.29, 1.82) is 0 Å². The molecule has 2 aliphatic carbocycles. The lowest BCUT2D eigenvalue weighted by Gasteiger charge is -2.30. The summed E-state index contributed by atoms with van der Waals surface area (Å²) >= 11 is 0. The van der Waals surface area contributed by atoms with Crippen molar-refractivity contribution in [3.63, 3.8) is 0 Å². The Balaban J connectivity index is 1.14. The zero-order valence-corrected chi connectivity index (χ0v) is 26.8. The van der Waals surface area contributed by atoms with Crippen molar-refractivity contribution in [2.24, 2.45) is 0 Å². The minimum Gasteiger partial charge on any atom is -0.460 e. The van der Waals surface area contributed by atoms with Gasteiger partial charge >= 0.3 is 0 Å². The van der Waals surface area contributed by atoms with Gasteiger partial charge in [-0.2, -0.15) is 0 Å². The van der Waals surface area contributed by atoms with Crippen LogP contribution in [0.15, 0.2) is 168 Å². The Morgan fingerprint density at radius 2 is 1.29 bits per heavy atom. The molecule has 2 heteroatoms. The molecule has 0 radical (unpaired) electrons. The molecule has 0 fully saturated rings. The van der Waals surface area contributed by atoms with Gasteiger partial charge in [-0.15, -0.1) is 0 Å². The number of fused-ring (bicyclic) bond motifs is 4. The Morgan fingerprint density at radius 1 is 0.542 bits per heavy atom. The summed E-state index contributed by atoms with van der Waals surface area (Å²) < 4.78 is 6.38. The van der Waals surface area contributed by atoms with E-state index in [0.29, 0.717) is 0 Å². The molecule has 0 unspecified atom stereocenters. The van der Waals surface area contributed by atoms with Gasteiger partial charge in [0.25, 0.3) is 0 Å². The third kappa shape index (κ3) is 4.98. The first kappa shape index (κ1) is 28.4. The number of allylic oxidation sites excluding steroid dienone is 4. The highest BCUT2D eigenvalue weighted by atomic mass is 16.3. The molecule has 0 N–H and O–H groups in total. The number of nitrogens with zero attached hydrogens (tertiary/aromatic N) is 1. The number of hydrogen-bond donors (Lipinski definition) is 0. The summed E-state index contributed by atoms with van der Waals surface area (Å²) in [6.45, 7) is 0. The van der Waals surface area contributed by atoms with E-state index in [1.807, 2.05) is 0 Å². The standard InChI is InChI=1S/C46H35NO/c1-2-17-36(18-3-1)47(43-24-8-6-20-40(43)41-23-12-26-45-46(41)42-21-7-9-25-44(42)48-45)37-29-27-32(28-30-37)34-15-10-16-35(31-34)39-22-11-14-33-13-4-5-19-38(33)39/h2,4-8,10-24,26-31H,1,3,9,25H2. The Morgan fingerprint density at radius 3 is 2.21 bits per heavy atom. The minimum atomic E-state index is 0.947. The molecule has 9 rings (SSSR count). The van der Waals surface area contributed by atoms with Crippen LogP contribution in [0.2, 0.25) is 0 Å². The van der Waals surface area contributed by atoms with E-state index in [1.54, 1.807) is 0 Å². The summed E-state index contributed by atoms with van der Waals surface area (Å²) in [6, 6.07) is 48.4. The molecular weight excluding hydrogens is 583 g/mol. The van der Waals surface area contributed by atoms with Gasteiger partial charge in [0.05, 0.1) is 5.69 Å². The maximum Gasteiger partial charge on any atom is 0.135 e. The molecule has 0 amide bonds. The molecule has 2 aliphatic rings. The van der Waals surface area contributed by atoms with Gasteiger partial charge < -0.3 is 9.32 Å². The van der Waals surface area contributed by atoms with Crippen LogP contribution in [0, 0.1) is 0 Å². The summed E-state index contributed by atoms with van der Waals surface area (Å²) in [4.78, 5) is 2.42. The predicted molar refractivity (Wildman–Crippen MR) is 202 cm³/mol. The summed E-state index contributed by atoms with van der Waals surface area (Å²) in [7, 11) is 0. The maximum absolute atomic E-state index is 6.38. The van der Waals surface area contributed by atoms with E-state index in [4.69, 9.17) is 4.42 Å². The van der Waals surface area contributed by atoms with Crippen molar-refractivity contribution in [3.8, 4) is 33.4 Å². The van der Waals surface area contributed by atoms with Crippen LogP contribution in [0.1, 0.15) is 30.6 Å². The molecule has 7 aromatic rings. The van der Waals surface area contributed by atoms with Crippen LogP contribution in [-0.4, -0.2) is 0 Å². The first-order chi connectivity index (χ1) is 23.8. The second kappa shape index (κ2) is 12.1. The first-order valence-corrected chi connectivity index (χ1v) is 17.0. The number of benzene rings is 6. The Bertz CT molecular complexity index is 2400. The monoisotopic (exact) mass is 617 g/mol. The lowest BCUT2D eigenvalue weighted by Crippen LogP contribution is -2.17. The van der Waals surface area contributed by atoms with Gasteiger partial charge in [0.2, 0.25) is 0 Å². The van der Waals surface area contributed by atoms with Crippen LogP contribution < -0.4 is 4.90 Å². The lowest BCUT2D eigenvalue weighted by molar-refractivity contribution is 0.546. The molecule has 0 saturated carbocycles. The molecule has 0 saturated heterocycles. The molecular formula is C46H35NO. The summed E-state index contributed by atoms with van der Waals surface area (Å²) in [5, 5.41) is 3.74. The second-order valence-corrected chi connectivity index (χ2v) is 12.7. The van der Waals surface area contributed by atoms with Gasteiger partial charge in [-0.3, -0.25) is 0 Å². The van der Waals surface area contributed by atoms with Gasteiger partial charge in [-0.05, 0) is 94.3 Å².